The first-order chi connectivity index (χ1) is 12.3. The lowest BCUT2D eigenvalue weighted by Gasteiger charge is -2.19. The number of rotatable bonds is 7. The zero-order chi connectivity index (χ0) is 19.3. The second kappa shape index (κ2) is 8.42. The summed E-state index contributed by atoms with van der Waals surface area (Å²) in [7, 11) is -3.98. The Morgan fingerprint density at radius 1 is 1.12 bits per heavy atom. The predicted octanol–water partition coefficient (Wildman–Crippen LogP) is 3.09. The summed E-state index contributed by atoms with van der Waals surface area (Å²) in [4.78, 5) is 11.9. The first kappa shape index (κ1) is 20.1. The van der Waals surface area contributed by atoms with Crippen LogP contribution in [0.25, 0.3) is 0 Å². The molecule has 0 radical (unpaired) electrons. The molecule has 0 heterocycles. The zero-order valence-electron chi connectivity index (χ0n) is 15.1. The monoisotopic (exact) mass is 378 g/mol. The molecule has 0 bridgehead atoms. The highest BCUT2D eigenvalue weighted by molar-refractivity contribution is 7.89. The Hall–Kier alpha value is -2.25. The second-order valence-electron chi connectivity index (χ2n) is 5.84. The van der Waals surface area contributed by atoms with Crippen molar-refractivity contribution in [2.75, 3.05) is 13.1 Å². The van der Waals surface area contributed by atoms with Crippen LogP contribution in [0.3, 0.4) is 0 Å². The number of nitrogens with one attached hydrogen (secondary N) is 1. The van der Waals surface area contributed by atoms with Crippen LogP contribution < -0.4 is 5.32 Å². The van der Waals surface area contributed by atoms with Crippen LogP contribution in [0.4, 0.5) is 4.39 Å². The Balaban J connectivity index is 2.26. The van der Waals surface area contributed by atoms with Gasteiger partial charge in [-0.15, -0.1) is 0 Å². The molecule has 2 aromatic carbocycles. The average molecular weight is 378 g/mol. The lowest BCUT2D eigenvalue weighted by atomic mass is 10.1. The van der Waals surface area contributed by atoms with E-state index in [0.29, 0.717) is 6.54 Å². The minimum absolute atomic E-state index is 0.103. The summed E-state index contributed by atoms with van der Waals surface area (Å²) in [5, 5.41) is 2.74. The fraction of sp³-hybridized carbons (Fsp3) is 0.316. The van der Waals surface area contributed by atoms with E-state index in [1.54, 1.807) is 13.8 Å². The van der Waals surface area contributed by atoms with Crippen molar-refractivity contribution in [3.63, 3.8) is 0 Å². The molecule has 0 aliphatic rings. The summed E-state index contributed by atoms with van der Waals surface area (Å²) in [6.45, 7) is 6.05. The van der Waals surface area contributed by atoms with Gasteiger partial charge < -0.3 is 5.32 Å². The Bertz CT molecular complexity index is 893. The van der Waals surface area contributed by atoms with Crippen LogP contribution >= 0.6 is 0 Å². The Labute approximate surface area is 153 Å². The normalized spacial score (nSPS) is 11.6. The van der Waals surface area contributed by atoms with Gasteiger partial charge in [0.1, 0.15) is 10.7 Å². The van der Waals surface area contributed by atoms with Crippen LogP contribution in [0.2, 0.25) is 0 Å². The maximum Gasteiger partial charge on any atom is 0.251 e. The van der Waals surface area contributed by atoms with Crippen LogP contribution in [0.5, 0.6) is 0 Å². The van der Waals surface area contributed by atoms with Crippen molar-refractivity contribution >= 4 is 15.9 Å². The third kappa shape index (κ3) is 4.28. The molecule has 0 aliphatic heterocycles. The fourth-order valence-electron chi connectivity index (χ4n) is 2.63. The van der Waals surface area contributed by atoms with Gasteiger partial charge in [-0.05, 0) is 36.2 Å². The molecular formula is C19H23FN2O3S. The fourth-order valence-corrected chi connectivity index (χ4v) is 4.18. The van der Waals surface area contributed by atoms with E-state index in [0.717, 1.165) is 27.6 Å². The largest absolute Gasteiger partial charge is 0.348 e. The third-order valence-electron chi connectivity index (χ3n) is 4.22. The molecule has 0 saturated heterocycles. The van der Waals surface area contributed by atoms with Crippen LogP contribution in [0.1, 0.15) is 35.3 Å². The quantitative estimate of drug-likeness (QED) is 0.805. The number of carbonyl (C=O) groups excluding carboxylic acids is 1. The minimum Gasteiger partial charge on any atom is -0.348 e. The number of aryl methyl sites for hydroxylation is 1. The van der Waals surface area contributed by atoms with Gasteiger partial charge in [-0.3, -0.25) is 4.79 Å². The first-order valence-electron chi connectivity index (χ1n) is 8.43. The van der Waals surface area contributed by atoms with Gasteiger partial charge in [0.05, 0.1) is 0 Å². The zero-order valence-corrected chi connectivity index (χ0v) is 15.9. The smallest absolute Gasteiger partial charge is 0.251 e. The van der Waals surface area contributed by atoms with E-state index in [2.05, 4.69) is 5.32 Å². The molecule has 2 aromatic rings. The van der Waals surface area contributed by atoms with Crippen LogP contribution in [0.15, 0.2) is 47.4 Å². The molecule has 26 heavy (non-hydrogen) atoms. The highest BCUT2D eigenvalue weighted by atomic mass is 32.2. The van der Waals surface area contributed by atoms with Gasteiger partial charge in [-0.1, -0.05) is 38.1 Å². The third-order valence-corrected chi connectivity index (χ3v) is 6.28. The number of nitrogens with zero attached hydrogens (tertiary/aromatic N) is 1. The number of carbonyl (C=O) groups is 1. The molecule has 0 unspecified atom stereocenters. The molecule has 0 spiro atoms. The van der Waals surface area contributed by atoms with Crippen molar-refractivity contribution in [1.82, 2.24) is 9.62 Å². The number of hydrogen-bond acceptors (Lipinski definition) is 3. The molecule has 1 N–H and O–H groups in total. The SMILES string of the molecule is CCN(CC)S(=O)(=O)c1cc(C(=O)NCc2ccccc2C)ccc1F. The molecule has 1 amide bonds. The highest BCUT2D eigenvalue weighted by Gasteiger charge is 2.26. The second-order valence-corrected chi connectivity index (χ2v) is 7.75. The first-order valence-corrected chi connectivity index (χ1v) is 9.87. The summed E-state index contributed by atoms with van der Waals surface area (Å²) in [6.07, 6.45) is 0. The number of halogens is 1. The Morgan fingerprint density at radius 3 is 2.38 bits per heavy atom. The summed E-state index contributed by atoms with van der Waals surface area (Å²) < 4.78 is 40.4. The molecular weight excluding hydrogens is 355 g/mol. The number of benzene rings is 2. The lowest BCUT2D eigenvalue weighted by molar-refractivity contribution is 0.0950. The van der Waals surface area contributed by atoms with E-state index < -0.39 is 26.6 Å². The minimum atomic E-state index is -3.98. The summed E-state index contributed by atoms with van der Waals surface area (Å²) in [5.74, 6) is -1.32. The molecule has 0 atom stereocenters. The number of hydrogen-bond donors (Lipinski definition) is 1. The van der Waals surface area contributed by atoms with E-state index in [-0.39, 0.29) is 18.7 Å². The van der Waals surface area contributed by atoms with Crippen molar-refractivity contribution in [3.8, 4) is 0 Å². The Kier molecular flexibility index (Phi) is 6.50. The lowest BCUT2D eigenvalue weighted by Crippen LogP contribution is -2.31. The predicted molar refractivity (Wildman–Crippen MR) is 98.9 cm³/mol. The van der Waals surface area contributed by atoms with Gasteiger partial charge in [0, 0.05) is 25.2 Å². The Morgan fingerprint density at radius 2 is 1.77 bits per heavy atom. The van der Waals surface area contributed by atoms with Crippen LogP contribution in [0, 0.1) is 12.7 Å². The van der Waals surface area contributed by atoms with Gasteiger partial charge in [0.15, 0.2) is 0 Å². The molecule has 5 nitrogen and oxygen atoms in total. The summed E-state index contributed by atoms with van der Waals surface area (Å²) >= 11 is 0. The van der Waals surface area contributed by atoms with Gasteiger partial charge in [0.25, 0.3) is 5.91 Å². The van der Waals surface area contributed by atoms with Crippen molar-refractivity contribution in [2.45, 2.75) is 32.2 Å². The molecule has 2 rings (SSSR count). The maximum absolute atomic E-state index is 14.1. The molecule has 0 fully saturated rings. The standard InChI is InChI=1S/C19H23FN2O3S/c1-4-22(5-2)26(24,25)18-12-15(10-11-17(18)20)19(23)21-13-16-9-7-6-8-14(16)3/h6-12H,4-5,13H2,1-3H3,(H,21,23). The topological polar surface area (TPSA) is 66.5 Å². The van der Waals surface area contributed by atoms with Gasteiger partial charge in [-0.25, -0.2) is 12.8 Å². The average Bonchev–Trinajstić information content (AvgIpc) is 2.61. The van der Waals surface area contributed by atoms with E-state index in [4.69, 9.17) is 0 Å². The van der Waals surface area contributed by atoms with E-state index in [1.165, 1.54) is 6.07 Å². The maximum atomic E-state index is 14.1. The van der Waals surface area contributed by atoms with Crippen molar-refractivity contribution in [2.24, 2.45) is 0 Å². The summed E-state index contributed by atoms with van der Waals surface area (Å²) in [6, 6.07) is 11.0. The summed E-state index contributed by atoms with van der Waals surface area (Å²) in [5.41, 5.74) is 2.10. The van der Waals surface area contributed by atoms with Crippen molar-refractivity contribution in [1.29, 1.82) is 0 Å². The van der Waals surface area contributed by atoms with Gasteiger partial charge in [-0.2, -0.15) is 4.31 Å². The molecule has 7 heteroatoms. The number of amides is 1. The van der Waals surface area contributed by atoms with Gasteiger partial charge in [0.2, 0.25) is 10.0 Å². The van der Waals surface area contributed by atoms with Crippen molar-refractivity contribution < 1.29 is 17.6 Å². The molecule has 0 saturated carbocycles. The van der Waals surface area contributed by atoms with E-state index in [1.807, 2.05) is 31.2 Å². The van der Waals surface area contributed by atoms with Gasteiger partial charge >= 0.3 is 0 Å². The molecule has 140 valence electrons. The molecule has 0 aliphatic carbocycles. The molecule has 0 aromatic heterocycles. The highest BCUT2D eigenvalue weighted by Crippen LogP contribution is 2.21. The van der Waals surface area contributed by atoms with E-state index in [9.17, 15) is 17.6 Å². The van der Waals surface area contributed by atoms with Crippen molar-refractivity contribution in [3.05, 3.63) is 65.0 Å². The van der Waals surface area contributed by atoms with Crippen LogP contribution in [-0.4, -0.2) is 31.7 Å². The van der Waals surface area contributed by atoms with E-state index >= 15 is 0 Å². The van der Waals surface area contributed by atoms with Crippen LogP contribution in [-0.2, 0) is 16.6 Å². The number of sulfonamides is 1.